The van der Waals surface area contributed by atoms with E-state index in [2.05, 4.69) is 5.32 Å². The number of carbonyl (C=O) groups is 1. The SMILES string of the molecule is CC(C)(CCO)CNc1ccc(C(=O)O)o1. The monoisotopic (exact) mass is 227 g/mol. The fourth-order valence-corrected chi connectivity index (χ4v) is 1.27. The Morgan fingerprint density at radius 2 is 2.19 bits per heavy atom. The molecule has 5 nitrogen and oxygen atoms in total. The van der Waals surface area contributed by atoms with Crippen molar-refractivity contribution >= 4 is 11.9 Å². The molecule has 0 aromatic carbocycles. The van der Waals surface area contributed by atoms with Crippen molar-refractivity contribution < 1.29 is 19.4 Å². The number of nitrogens with one attached hydrogen (secondary N) is 1. The highest BCUT2D eigenvalue weighted by molar-refractivity contribution is 5.84. The molecule has 16 heavy (non-hydrogen) atoms. The molecule has 90 valence electrons. The fourth-order valence-electron chi connectivity index (χ4n) is 1.27. The maximum Gasteiger partial charge on any atom is 0.371 e. The second-order valence-electron chi connectivity index (χ2n) is 4.46. The first kappa shape index (κ1) is 12.6. The molecule has 1 rings (SSSR count). The Hall–Kier alpha value is -1.49. The van der Waals surface area contributed by atoms with Crippen molar-refractivity contribution in [1.82, 2.24) is 0 Å². The molecule has 0 unspecified atom stereocenters. The van der Waals surface area contributed by atoms with Crippen LogP contribution in [0.5, 0.6) is 0 Å². The molecule has 0 aliphatic carbocycles. The molecule has 1 heterocycles. The number of aliphatic hydroxyl groups is 1. The first-order valence-corrected chi connectivity index (χ1v) is 5.12. The molecule has 0 amide bonds. The van der Waals surface area contributed by atoms with Crippen LogP contribution in [0.25, 0.3) is 0 Å². The van der Waals surface area contributed by atoms with Gasteiger partial charge in [-0.05, 0) is 17.9 Å². The Morgan fingerprint density at radius 1 is 1.50 bits per heavy atom. The molecule has 0 saturated heterocycles. The number of furan rings is 1. The number of rotatable bonds is 6. The van der Waals surface area contributed by atoms with Gasteiger partial charge in [-0.2, -0.15) is 0 Å². The lowest BCUT2D eigenvalue weighted by Gasteiger charge is -2.23. The van der Waals surface area contributed by atoms with Crippen LogP contribution in [0.4, 0.5) is 5.88 Å². The van der Waals surface area contributed by atoms with E-state index in [-0.39, 0.29) is 17.8 Å². The van der Waals surface area contributed by atoms with Crippen molar-refractivity contribution in [3.8, 4) is 0 Å². The highest BCUT2D eigenvalue weighted by Gasteiger charge is 2.17. The standard InChI is InChI=1S/C11H17NO4/c1-11(2,5-6-13)7-12-9-4-3-8(16-9)10(14)15/h3-4,12-13H,5-7H2,1-2H3,(H,14,15). The Morgan fingerprint density at radius 3 is 2.69 bits per heavy atom. The first-order valence-electron chi connectivity index (χ1n) is 5.12. The van der Waals surface area contributed by atoms with Gasteiger partial charge in [0.05, 0.1) is 0 Å². The van der Waals surface area contributed by atoms with Crippen LogP contribution in [0.3, 0.4) is 0 Å². The normalized spacial score (nSPS) is 11.4. The molecule has 1 aromatic rings. The van der Waals surface area contributed by atoms with Gasteiger partial charge in [0.2, 0.25) is 5.76 Å². The van der Waals surface area contributed by atoms with Crippen molar-refractivity contribution in [2.75, 3.05) is 18.5 Å². The van der Waals surface area contributed by atoms with Gasteiger partial charge < -0.3 is 19.9 Å². The molecule has 0 aliphatic rings. The highest BCUT2D eigenvalue weighted by atomic mass is 16.4. The average molecular weight is 227 g/mol. The Labute approximate surface area is 94.1 Å². The van der Waals surface area contributed by atoms with Crippen LogP contribution in [0, 0.1) is 5.41 Å². The number of aliphatic hydroxyl groups excluding tert-OH is 1. The third-order valence-corrected chi connectivity index (χ3v) is 2.35. The zero-order valence-electron chi connectivity index (χ0n) is 9.49. The molecule has 0 fully saturated rings. The van der Waals surface area contributed by atoms with E-state index in [1.807, 2.05) is 13.8 Å². The van der Waals surface area contributed by atoms with Gasteiger partial charge in [0.25, 0.3) is 0 Å². The highest BCUT2D eigenvalue weighted by Crippen LogP contribution is 2.21. The molecule has 0 radical (unpaired) electrons. The van der Waals surface area contributed by atoms with E-state index >= 15 is 0 Å². The van der Waals surface area contributed by atoms with E-state index in [1.165, 1.54) is 6.07 Å². The second-order valence-corrected chi connectivity index (χ2v) is 4.46. The zero-order chi connectivity index (χ0) is 12.2. The van der Waals surface area contributed by atoms with Gasteiger partial charge in [0.15, 0.2) is 5.88 Å². The van der Waals surface area contributed by atoms with Crippen molar-refractivity contribution in [2.24, 2.45) is 5.41 Å². The number of carboxylic acid groups (broad SMARTS) is 1. The first-order chi connectivity index (χ1) is 7.44. The average Bonchev–Trinajstić information content (AvgIpc) is 2.63. The van der Waals surface area contributed by atoms with E-state index < -0.39 is 5.97 Å². The predicted octanol–water partition coefficient (Wildman–Crippen LogP) is 1.80. The summed E-state index contributed by atoms with van der Waals surface area (Å²) in [5.41, 5.74) is -0.0646. The van der Waals surface area contributed by atoms with Crippen molar-refractivity contribution in [3.63, 3.8) is 0 Å². The lowest BCUT2D eigenvalue weighted by atomic mass is 9.90. The van der Waals surface area contributed by atoms with Crippen molar-refractivity contribution in [2.45, 2.75) is 20.3 Å². The summed E-state index contributed by atoms with van der Waals surface area (Å²) in [6, 6.07) is 2.99. The number of hydrogen-bond donors (Lipinski definition) is 3. The Balaban J connectivity index is 2.51. The summed E-state index contributed by atoms with van der Waals surface area (Å²) in [7, 11) is 0. The predicted molar refractivity (Wildman–Crippen MR) is 59.6 cm³/mol. The zero-order valence-corrected chi connectivity index (χ0v) is 9.49. The number of anilines is 1. The summed E-state index contributed by atoms with van der Waals surface area (Å²) in [5.74, 6) is -0.728. The molecule has 0 saturated carbocycles. The quantitative estimate of drug-likeness (QED) is 0.690. The maximum absolute atomic E-state index is 10.6. The van der Waals surface area contributed by atoms with Gasteiger partial charge in [0.1, 0.15) is 0 Å². The van der Waals surface area contributed by atoms with Crippen LogP contribution >= 0.6 is 0 Å². The van der Waals surface area contributed by atoms with Crippen molar-refractivity contribution in [3.05, 3.63) is 17.9 Å². The minimum Gasteiger partial charge on any atom is -0.475 e. The summed E-state index contributed by atoms with van der Waals surface area (Å²) in [4.78, 5) is 10.6. The lowest BCUT2D eigenvalue weighted by molar-refractivity contribution is 0.0663. The molecule has 0 spiro atoms. The smallest absolute Gasteiger partial charge is 0.371 e. The van der Waals surface area contributed by atoms with Crippen LogP contribution < -0.4 is 5.32 Å². The van der Waals surface area contributed by atoms with E-state index in [0.717, 1.165) is 0 Å². The molecular weight excluding hydrogens is 210 g/mol. The maximum atomic E-state index is 10.6. The minimum atomic E-state index is -1.08. The van der Waals surface area contributed by atoms with E-state index in [0.29, 0.717) is 18.8 Å². The van der Waals surface area contributed by atoms with Gasteiger partial charge in [-0.25, -0.2) is 4.79 Å². The summed E-state index contributed by atoms with van der Waals surface area (Å²) >= 11 is 0. The number of aromatic carboxylic acids is 1. The number of carboxylic acids is 1. The topological polar surface area (TPSA) is 82.7 Å². The molecule has 0 atom stereocenters. The van der Waals surface area contributed by atoms with E-state index in [4.69, 9.17) is 14.6 Å². The third kappa shape index (κ3) is 3.58. The van der Waals surface area contributed by atoms with Crippen LogP contribution in [0.1, 0.15) is 30.8 Å². The Kier molecular flexibility index (Phi) is 3.95. The van der Waals surface area contributed by atoms with Gasteiger partial charge in [-0.3, -0.25) is 0 Å². The van der Waals surface area contributed by atoms with E-state index in [9.17, 15) is 4.79 Å². The molecular formula is C11H17NO4. The Bertz CT molecular complexity index is 357. The minimum absolute atomic E-state index is 0.0646. The largest absolute Gasteiger partial charge is 0.475 e. The van der Waals surface area contributed by atoms with Crippen LogP contribution in [0.15, 0.2) is 16.5 Å². The van der Waals surface area contributed by atoms with E-state index in [1.54, 1.807) is 6.07 Å². The summed E-state index contributed by atoms with van der Waals surface area (Å²) in [6.45, 7) is 4.77. The molecule has 0 bridgehead atoms. The van der Waals surface area contributed by atoms with Gasteiger partial charge in [0, 0.05) is 19.2 Å². The molecule has 5 heteroatoms. The van der Waals surface area contributed by atoms with Crippen molar-refractivity contribution in [1.29, 1.82) is 0 Å². The summed E-state index contributed by atoms with van der Waals surface area (Å²) in [5, 5.41) is 20.5. The van der Waals surface area contributed by atoms with Crippen LogP contribution in [0.2, 0.25) is 0 Å². The molecule has 3 N–H and O–H groups in total. The number of hydrogen-bond acceptors (Lipinski definition) is 4. The van der Waals surface area contributed by atoms with Gasteiger partial charge >= 0.3 is 5.97 Å². The summed E-state index contributed by atoms with van der Waals surface area (Å²) in [6.07, 6.45) is 0.673. The lowest BCUT2D eigenvalue weighted by Crippen LogP contribution is -2.24. The van der Waals surface area contributed by atoms with Crippen LogP contribution in [-0.2, 0) is 0 Å². The van der Waals surface area contributed by atoms with Gasteiger partial charge in [-0.15, -0.1) is 0 Å². The molecule has 1 aromatic heterocycles. The second kappa shape index (κ2) is 5.03. The van der Waals surface area contributed by atoms with Crippen LogP contribution in [-0.4, -0.2) is 29.3 Å². The molecule has 0 aliphatic heterocycles. The summed E-state index contributed by atoms with van der Waals surface area (Å²) < 4.78 is 5.05. The van der Waals surface area contributed by atoms with Gasteiger partial charge in [-0.1, -0.05) is 13.8 Å². The fraction of sp³-hybridized carbons (Fsp3) is 0.545. The third-order valence-electron chi connectivity index (χ3n) is 2.35.